The van der Waals surface area contributed by atoms with E-state index in [-0.39, 0.29) is 18.7 Å². The van der Waals surface area contributed by atoms with Crippen LogP contribution in [0.3, 0.4) is 0 Å². The summed E-state index contributed by atoms with van der Waals surface area (Å²) in [6, 6.07) is 9.88. The molecule has 2 heterocycles. The summed E-state index contributed by atoms with van der Waals surface area (Å²) in [7, 11) is -2.25. The molecule has 4 rings (SSSR count). The largest absolute Gasteiger partial charge is 0.297 e. The van der Waals surface area contributed by atoms with E-state index in [0.717, 1.165) is 29.3 Å². The third-order valence-electron chi connectivity index (χ3n) is 5.30. The number of fused-ring (bicyclic) bond motifs is 1. The molecule has 144 valence electrons. The fourth-order valence-corrected chi connectivity index (χ4v) is 5.79. The molecule has 0 bridgehead atoms. The summed E-state index contributed by atoms with van der Waals surface area (Å²) in [5.41, 5.74) is 2.09. The Hall–Kier alpha value is -1.87. The van der Waals surface area contributed by atoms with E-state index in [9.17, 15) is 17.2 Å². The predicted molar refractivity (Wildman–Crippen MR) is 96.1 cm³/mol. The molecule has 2 aliphatic rings. The minimum atomic E-state index is -3.79. The van der Waals surface area contributed by atoms with E-state index < -0.39 is 32.9 Å². The summed E-state index contributed by atoms with van der Waals surface area (Å²) in [6.45, 7) is 0.534. The molecule has 1 fully saturated rings. The van der Waals surface area contributed by atoms with E-state index in [1.54, 1.807) is 0 Å². The summed E-state index contributed by atoms with van der Waals surface area (Å²) in [6.07, 6.45) is 0.623. The summed E-state index contributed by atoms with van der Waals surface area (Å²) in [5.74, 6) is -1.27. The van der Waals surface area contributed by atoms with E-state index in [0.29, 0.717) is 13.0 Å². The third-order valence-corrected chi connectivity index (χ3v) is 7.49. The number of hydrogen-bond acceptors (Lipinski definition) is 4. The highest BCUT2D eigenvalue weighted by atomic mass is 32.2. The van der Waals surface area contributed by atoms with Crippen LogP contribution >= 0.6 is 0 Å². The van der Waals surface area contributed by atoms with Crippen molar-refractivity contribution in [2.75, 3.05) is 20.2 Å². The average molecular weight is 394 g/mol. The number of hydrogen-bond donors (Lipinski definition) is 0. The molecule has 0 aromatic heterocycles. The van der Waals surface area contributed by atoms with Crippen LogP contribution in [0.5, 0.6) is 0 Å². The minimum Gasteiger partial charge on any atom is -0.297 e. The van der Waals surface area contributed by atoms with Gasteiger partial charge < -0.3 is 0 Å². The maximum absolute atomic E-state index is 14.3. The van der Waals surface area contributed by atoms with Crippen molar-refractivity contribution < 1.29 is 22.0 Å². The summed E-state index contributed by atoms with van der Waals surface area (Å²) < 4.78 is 56.1. The van der Waals surface area contributed by atoms with Gasteiger partial charge in [-0.15, -0.1) is 0 Å². The van der Waals surface area contributed by atoms with Gasteiger partial charge in [-0.2, -0.15) is 9.37 Å². The number of nitrogens with zero attached hydrogens (tertiary/aromatic N) is 2. The van der Waals surface area contributed by atoms with Crippen LogP contribution in [0.1, 0.15) is 22.7 Å². The van der Waals surface area contributed by atoms with E-state index in [1.807, 2.05) is 24.3 Å². The number of benzene rings is 2. The van der Waals surface area contributed by atoms with E-state index >= 15 is 0 Å². The minimum absolute atomic E-state index is 0.0130. The second-order valence-electron chi connectivity index (χ2n) is 6.89. The van der Waals surface area contributed by atoms with Crippen LogP contribution in [-0.2, 0) is 27.8 Å². The van der Waals surface area contributed by atoms with E-state index in [4.69, 9.17) is 4.84 Å². The molecule has 27 heavy (non-hydrogen) atoms. The van der Waals surface area contributed by atoms with Gasteiger partial charge in [-0.1, -0.05) is 24.3 Å². The highest BCUT2D eigenvalue weighted by Crippen LogP contribution is 2.37. The number of sulfonamides is 1. The lowest BCUT2D eigenvalue weighted by atomic mass is 10.0. The Morgan fingerprint density at radius 1 is 1.11 bits per heavy atom. The van der Waals surface area contributed by atoms with Crippen LogP contribution in [0, 0.1) is 11.6 Å². The molecule has 0 spiro atoms. The fourth-order valence-electron chi connectivity index (χ4n) is 3.86. The lowest BCUT2D eigenvalue weighted by molar-refractivity contribution is -0.111. The van der Waals surface area contributed by atoms with Crippen molar-refractivity contribution in [1.82, 2.24) is 9.37 Å². The van der Waals surface area contributed by atoms with Crippen LogP contribution in [0.15, 0.2) is 42.5 Å². The Balaban J connectivity index is 1.68. The normalized spacial score (nSPS) is 24.1. The molecule has 2 aromatic rings. The molecule has 2 aromatic carbocycles. The number of halogens is 2. The first-order valence-corrected chi connectivity index (χ1v) is 10.2. The number of rotatable bonds is 3. The summed E-state index contributed by atoms with van der Waals surface area (Å²) in [5, 5.41) is 0.293. The Kier molecular flexibility index (Phi) is 4.75. The Morgan fingerprint density at radius 2 is 1.85 bits per heavy atom. The van der Waals surface area contributed by atoms with Gasteiger partial charge in [0.05, 0.1) is 12.6 Å². The fraction of sp³-hybridized carbons (Fsp3) is 0.368. The first-order chi connectivity index (χ1) is 12.9. The lowest BCUT2D eigenvalue weighted by Gasteiger charge is -2.32. The average Bonchev–Trinajstić information content (AvgIpc) is 3.05. The molecule has 0 radical (unpaired) electrons. The summed E-state index contributed by atoms with van der Waals surface area (Å²) in [4.78, 5) is 5.41. The number of hydroxylamine groups is 2. The van der Waals surface area contributed by atoms with Crippen molar-refractivity contribution in [2.24, 2.45) is 0 Å². The Labute approximate surface area is 157 Å². The standard InChI is InChI=1S/C19H20F2N2O3S/c1-22-19(16-10-15(20)6-7-17(16)21)18(12-26-22)27(24,25)23-9-8-13-4-2-3-5-14(13)11-23/h2-7,10,18-19H,8-9,11-12H2,1H3. The maximum atomic E-state index is 14.3. The van der Waals surface area contributed by atoms with Crippen molar-refractivity contribution in [1.29, 1.82) is 0 Å². The van der Waals surface area contributed by atoms with Crippen LogP contribution in [-0.4, -0.2) is 43.2 Å². The second kappa shape index (κ2) is 6.94. The topological polar surface area (TPSA) is 49.9 Å². The van der Waals surface area contributed by atoms with Crippen LogP contribution in [0.25, 0.3) is 0 Å². The van der Waals surface area contributed by atoms with Crippen molar-refractivity contribution in [3.8, 4) is 0 Å². The predicted octanol–water partition coefficient (Wildman–Crippen LogP) is 2.64. The summed E-state index contributed by atoms with van der Waals surface area (Å²) >= 11 is 0. The molecule has 2 atom stereocenters. The molecule has 2 aliphatic heterocycles. The van der Waals surface area contributed by atoms with Crippen molar-refractivity contribution in [3.63, 3.8) is 0 Å². The van der Waals surface area contributed by atoms with Crippen LogP contribution in [0.4, 0.5) is 8.78 Å². The smallest absolute Gasteiger partial charge is 0.221 e. The quantitative estimate of drug-likeness (QED) is 0.803. The molecule has 8 heteroatoms. The molecule has 0 saturated carbocycles. The van der Waals surface area contributed by atoms with Crippen LogP contribution in [0.2, 0.25) is 0 Å². The van der Waals surface area contributed by atoms with Crippen LogP contribution < -0.4 is 0 Å². The third kappa shape index (κ3) is 3.27. The van der Waals surface area contributed by atoms with E-state index in [1.165, 1.54) is 16.4 Å². The lowest BCUT2D eigenvalue weighted by Crippen LogP contribution is -2.44. The SMILES string of the molecule is CN1OCC(S(=O)(=O)N2CCc3ccccc3C2)C1c1cc(F)ccc1F. The zero-order valence-electron chi connectivity index (χ0n) is 14.8. The van der Waals surface area contributed by atoms with Gasteiger partial charge in [0.2, 0.25) is 10.0 Å². The second-order valence-corrected chi connectivity index (χ2v) is 9.04. The Morgan fingerprint density at radius 3 is 2.63 bits per heavy atom. The molecule has 5 nitrogen and oxygen atoms in total. The molecular weight excluding hydrogens is 374 g/mol. The highest BCUT2D eigenvalue weighted by molar-refractivity contribution is 7.89. The van der Waals surface area contributed by atoms with Crippen molar-refractivity contribution in [3.05, 3.63) is 70.8 Å². The molecule has 2 unspecified atom stereocenters. The molecule has 1 saturated heterocycles. The van der Waals surface area contributed by atoms with Gasteiger partial charge in [-0.05, 0) is 35.7 Å². The van der Waals surface area contributed by atoms with Crippen molar-refractivity contribution >= 4 is 10.0 Å². The van der Waals surface area contributed by atoms with E-state index in [2.05, 4.69) is 0 Å². The first-order valence-electron chi connectivity index (χ1n) is 8.74. The molecule has 0 N–H and O–H groups in total. The zero-order valence-corrected chi connectivity index (χ0v) is 15.6. The Bertz CT molecular complexity index is 967. The highest BCUT2D eigenvalue weighted by Gasteiger charge is 2.47. The van der Waals surface area contributed by atoms with Gasteiger partial charge in [0.1, 0.15) is 16.9 Å². The van der Waals surface area contributed by atoms with Gasteiger partial charge in [0.25, 0.3) is 0 Å². The monoisotopic (exact) mass is 394 g/mol. The zero-order chi connectivity index (χ0) is 19.2. The van der Waals surface area contributed by atoms with Crippen molar-refractivity contribution in [2.45, 2.75) is 24.3 Å². The molecule has 0 aliphatic carbocycles. The molecule has 0 amide bonds. The van der Waals surface area contributed by atoms with Gasteiger partial charge >= 0.3 is 0 Å². The maximum Gasteiger partial charge on any atom is 0.221 e. The first kappa shape index (κ1) is 18.5. The van der Waals surface area contributed by atoms with Gasteiger partial charge in [0.15, 0.2) is 0 Å². The van der Waals surface area contributed by atoms with Gasteiger partial charge in [-0.3, -0.25) is 4.84 Å². The van der Waals surface area contributed by atoms with Gasteiger partial charge in [-0.25, -0.2) is 17.2 Å². The molecular formula is C19H20F2N2O3S. The van der Waals surface area contributed by atoms with Gasteiger partial charge in [0, 0.05) is 25.7 Å².